The van der Waals surface area contributed by atoms with Gasteiger partial charge in [-0.15, -0.1) is 0 Å². The summed E-state index contributed by atoms with van der Waals surface area (Å²) >= 11 is 6.76. The van der Waals surface area contributed by atoms with Gasteiger partial charge in [-0.3, -0.25) is 9.69 Å². The van der Waals surface area contributed by atoms with Crippen molar-refractivity contribution in [2.45, 2.75) is 6.54 Å². The molecule has 4 rings (SSSR count). The number of hydrogen-bond acceptors (Lipinski definition) is 4. The topological polar surface area (TPSA) is 29.5 Å². The van der Waals surface area contributed by atoms with Crippen molar-refractivity contribution >= 4 is 40.3 Å². The minimum atomic E-state index is -0.0618. The number of para-hydroxylation sites is 1. The number of carbonyl (C=O) groups excluding carboxylic acids is 1. The van der Waals surface area contributed by atoms with Crippen LogP contribution in [0, 0.1) is 0 Å². The molecule has 3 nitrogen and oxygen atoms in total. The highest BCUT2D eigenvalue weighted by atomic mass is 32.2. The van der Waals surface area contributed by atoms with Crippen LogP contribution in [-0.2, 0) is 11.3 Å². The fourth-order valence-corrected chi connectivity index (χ4v) is 4.10. The summed E-state index contributed by atoms with van der Waals surface area (Å²) in [6.07, 6.45) is 1.86. The van der Waals surface area contributed by atoms with Crippen LogP contribution < -0.4 is 4.74 Å². The fourth-order valence-electron chi connectivity index (χ4n) is 2.85. The molecule has 3 aromatic rings. The maximum Gasteiger partial charge on any atom is 0.266 e. The molecule has 0 N–H and O–H groups in total. The summed E-state index contributed by atoms with van der Waals surface area (Å²) in [4.78, 5) is 15.1. The Bertz CT molecular complexity index is 1030. The van der Waals surface area contributed by atoms with Gasteiger partial charge in [-0.2, -0.15) is 0 Å². The van der Waals surface area contributed by atoms with Gasteiger partial charge in [-0.25, -0.2) is 0 Å². The van der Waals surface area contributed by atoms with Crippen molar-refractivity contribution < 1.29 is 9.53 Å². The molecule has 1 heterocycles. The Balaban J connectivity index is 1.52. The Morgan fingerprint density at radius 1 is 0.893 bits per heavy atom. The molecule has 0 spiro atoms. The summed E-state index contributed by atoms with van der Waals surface area (Å²) in [7, 11) is 0. The van der Waals surface area contributed by atoms with Gasteiger partial charge in [-0.05, 0) is 41.5 Å². The lowest BCUT2D eigenvalue weighted by Crippen LogP contribution is -2.27. The molecule has 0 saturated carbocycles. The lowest BCUT2D eigenvalue weighted by molar-refractivity contribution is -0.122. The number of carbonyl (C=O) groups is 1. The number of thioether (sulfide) groups is 1. The predicted molar refractivity (Wildman–Crippen MR) is 118 cm³/mol. The van der Waals surface area contributed by atoms with Crippen molar-refractivity contribution in [1.82, 2.24) is 4.90 Å². The molecule has 0 aliphatic carbocycles. The van der Waals surface area contributed by atoms with Gasteiger partial charge in [0, 0.05) is 0 Å². The van der Waals surface area contributed by atoms with E-state index in [1.807, 2.05) is 91.0 Å². The van der Waals surface area contributed by atoms with Gasteiger partial charge in [-0.1, -0.05) is 84.6 Å². The Morgan fingerprint density at radius 3 is 2.32 bits per heavy atom. The Hall–Kier alpha value is -2.89. The molecule has 28 heavy (non-hydrogen) atoms. The smallest absolute Gasteiger partial charge is 0.266 e. The van der Waals surface area contributed by atoms with Gasteiger partial charge in [0.05, 0.1) is 11.4 Å². The average molecular weight is 404 g/mol. The molecule has 5 heteroatoms. The Labute approximate surface area is 173 Å². The first kappa shape index (κ1) is 18.5. The van der Waals surface area contributed by atoms with Crippen molar-refractivity contribution in [3.63, 3.8) is 0 Å². The molecule has 0 radical (unpaired) electrons. The summed E-state index contributed by atoms with van der Waals surface area (Å²) in [6, 6.07) is 27.1. The lowest BCUT2D eigenvalue weighted by Gasteiger charge is -2.14. The third kappa shape index (κ3) is 4.32. The van der Waals surface area contributed by atoms with E-state index in [0.717, 1.165) is 22.6 Å². The van der Waals surface area contributed by atoms with Crippen LogP contribution in [0.4, 0.5) is 0 Å². The molecule has 0 bridgehead atoms. The van der Waals surface area contributed by atoms with E-state index in [2.05, 4.69) is 0 Å². The van der Waals surface area contributed by atoms with Gasteiger partial charge < -0.3 is 4.74 Å². The van der Waals surface area contributed by atoms with Gasteiger partial charge in [0.15, 0.2) is 0 Å². The van der Waals surface area contributed by atoms with Crippen molar-refractivity contribution in [2.24, 2.45) is 0 Å². The summed E-state index contributed by atoms with van der Waals surface area (Å²) < 4.78 is 6.45. The van der Waals surface area contributed by atoms with Crippen LogP contribution in [0.5, 0.6) is 11.5 Å². The molecular weight excluding hydrogens is 386 g/mol. The molecule has 1 aliphatic rings. The Morgan fingerprint density at radius 2 is 1.57 bits per heavy atom. The second-order valence-electron chi connectivity index (χ2n) is 6.24. The number of thiocarbonyl (C=S) groups is 1. The zero-order valence-corrected chi connectivity index (χ0v) is 16.6. The highest BCUT2D eigenvalue weighted by Crippen LogP contribution is 2.34. The van der Waals surface area contributed by atoms with E-state index in [1.54, 1.807) is 4.90 Å². The normalized spacial score (nSPS) is 15.3. The average Bonchev–Trinajstić information content (AvgIpc) is 2.97. The van der Waals surface area contributed by atoms with Crippen molar-refractivity contribution in [3.8, 4) is 11.5 Å². The van der Waals surface area contributed by atoms with E-state index >= 15 is 0 Å². The zero-order valence-electron chi connectivity index (χ0n) is 14.9. The minimum absolute atomic E-state index is 0.0618. The van der Waals surface area contributed by atoms with E-state index in [-0.39, 0.29) is 5.91 Å². The number of hydrogen-bond donors (Lipinski definition) is 0. The highest BCUT2D eigenvalue weighted by molar-refractivity contribution is 8.26. The standard InChI is InChI=1S/C23H17NO2S2/c25-22-21(28-23(27)24(22)16-17-8-3-1-4-9-17)15-18-10-7-13-20(14-18)26-19-11-5-2-6-12-19/h1-15H,16H2/b21-15-. The van der Waals surface area contributed by atoms with Crippen LogP contribution in [0.15, 0.2) is 89.8 Å². The second-order valence-corrected chi connectivity index (χ2v) is 7.92. The van der Waals surface area contributed by atoms with Crippen molar-refractivity contribution in [1.29, 1.82) is 0 Å². The van der Waals surface area contributed by atoms with Crippen LogP contribution in [-0.4, -0.2) is 15.1 Å². The van der Waals surface area contributed by atoms with Gasteiger partial charge in [0.25, 0.3) is 5.91 Å². The first-order chi connectivity index (χ1) is 13.7. The molecule has 1 amide bonds. The van der Waals surface area contributed by atoms with Gasteiger partial charge in [0.2, 0.25) is 0 Å². The molecule has 0 aromatic heterocycles. The monoisotopic (exact) mass is 403 g/mol. The first-order valence-corrected chi connectivity index (χ1v) is 10.0. The quantitative estimate of drug-likeness (QED) is 0.393. The zero-order chi connectivity index (χ0) is 19.3. The predicted octanol–water partition coefficient (Wildman–Crippen LogP) is 5.88. The molecule has 0 atom stereocenters. The fraction of sp³-hybridized carbons (Fsp3) is 0.0435. The Kier molecular flexibility index (Phi) is 5.55. The highest BCUT2D eigenvalue weighted by Gasteiger charge is 2.31. The summed E-state index contributed by atoms with van der Waals surface area (Å²) in [5.74, 6) is 1.43. The van der Waals surface area contributed by atoms with Crippen LogP contribution >= 0.6 is 24.0 Å². The number of rotatable bonds is 5. The molecule has 138 valence electrons. The van der Waals surface area contributed by atoms with Crippen LogP contribution in [0.3, 0.4) is 0 Å². The van der Waals surface area contributed by atoms with E-state index < -0.39 is 0 Å². The number of amides is 1. The molecule has 1 saturated heterocycles. The maximum atomic E-state index is 12.8. The van der Waals surface area contributed by atoms with E-state index in [4.69, 9.17) is 17.0 Å². The van der Waals surface area contributed by atoms with Gasteiger partial charge >= 0.3 is 0 Å². The lowest BCUT2D eigenvalue weighted by atomic mass is 10.2. The molecule has 3 aromatic carbocycles. The SMILES string of the molecule is O=C1/C(=C/c2cccc(Oc3ccccc3)c2)SC(=S)N1Cc1ccccc1. The van der Waals surface area contributed by atoms with Crippen molar-refractivity contribution in [3.05, 3.63) is 101 Å². The molecule has 0 unspecified atom stereocenters. The van der Waals surface area contributed by atoms with Crippen LogP contribution in [0.25, 0.3) is 6.08 Å². The van der Waals surface area contributed by atoms with E-state index in [0.29, 0.717) is 15.8 Å². The third-order valence-electron chi connectivity index (χ3n) is 4.19. The second kappa shape index (κ2) is 8.42. The molecule has 1 aliphatic heterocycles. The van der Waals surface area contributed by atoms with Crippen LogP contribution in [0.2, 0.25) is 0 Å². The summed E-state index contributed by atoms with van der Waals surface area (Å²) in [6.45, 7) is 0.486. The number of nitrogens with zero attached hydrogens (tertiary/aromatic N) is 1. The first-order valence-electron chi connectivity index (χ1n) is 8.81. The van der Waals surface area contributed by atoms with E-state index in [9.17, 15) is 4.79 Å². The summed E-state index contributed by atoms with van der Waals surface area (Å²) in [5.41, 5.74) is 1.95. The number of ether oxygens (including phenoxy) is 1. The van der Waals surface area contributed by atoms with Crippen LogP contribution in [0.1, 0.15) is 11.1 Å². The maximum absolute atomic E-state index is 12.8. The minimum Gasteiger partial charge on any atom is -0.457 e. The van der Waals surface area contributed by atoms with E-state index in [1.165, 1.54) is 11.8 Å². The number of benzene rings is 3. The summed E-state index contributed by atoms with van der Waals surface area (Å²) in [5, 5.41) is 0. The third-order valence-corrected chi connectivity index (χ3v) is 5.57. The largest absolute Gasteiger partial charge is 0.457 e. The van der Waals surface area contributed by atoms with Gasteiger partial charge in [0.1, 0.15) is 15.8 Å². The molecule has 1 fully saturated rings. The van der Waals surface area contributed by atoms with Crippen molar-refractivity contribution in [2.75, 3.05) is 0 Å². The molecular formula is C23H17NO2S2.